The SMILES string of the molecule is CCC1(CC)c2ccccc2-c2ccc(N(c3ccc4c(c3)c3c5ccccc5c4c4ccccc43)c3ccc4c(c3-c3ccccc3)C(CC)(CC)c3ccccc3-4)c(-c3ccccc3)c21. The fourth-order valence-corrected chi connectivity index (χ4v) is 13.5. The van der Waals surface area contributed by atoms with Crippen LogP contribution in [0.3, 0.4) is 0 Å². The second-order valence-corrected chi connectivity index (χ2v) is 19.1. The number of hydrogen-bond acceptors (Lipinski definition) is 1. The van der Waals surface area contributed by atoms with Gasteiger partial charge >= 0.3 is 0 Å². The lowest BCUT2D eigenvalue weighted by molar-refractivity contribution is 0.491. The van der Waals surface area contributed by atoms with Gasteiger partial charge in [-0.15, -0.1) is 0 Å². The molecule has 14 rings (SSSR count). The Kier molecular flexibility index (Phi) is 8.94. The van der Waals surface area contributed by atoms with Crippen molar-refractivity contribution in [3.8, 4) is 44.5 Å². The van der Waals surface area contributed by atoms with Gasteiger partial charge in [0.15, 0.2) is 0 Å². The molecule has 1 nitrogen and oxygen atoms in total. The van der Waals surface area contributed by atoms with Gasteiger partial charge in [0.1, 0.15) is 0 Å². The molecule has 2 aliphatic rings. The highest BCUT2D eigenvalue weighted by Gasteiger charge is 2.46. The Hall–Kier alpha value is -7.48. The van der Waals surface area contributed by atoms with Gasteiger partial charge in [-0.05, 0) is 149 Å². The molecule has 0 heterocycles. The van der Waals surface area contributed by atoms with E-state index in [0.29, 0.717) is 0 Å². The van der Waals surface area contributed by atoms with Gasteiger partial charge in [0.2, 0.25) is 0 Å². The third-order valence-electron chi connectivity index (χ3n) is 16.5. The van der Waals surface area contributed by atoms with Gasteiger partial charge in [-0.2, -0.15) is 0 Å². The van der Waals surface area contributed by atoms with E-state index >= 15 is 0 Å². The zero-order chi connectivity index (χ0) is 45.0. The molecule has 0 amide bonds. The van der Waals surface area contributed by atoms with Crippen molar-refractivity contribution >= 4 is 60.2 Å². The topological polar surface area (TPSA) is 3.24 Å². The van der Waals surface area contributed by atoms with E-state index in [1.54, 1.807) is 0 Å². The van der Waals surface area contributed by atoms with Crippen LogP contribution in [0.25, 0.3) is 87.6 Å². The maximum absolute atomic E-state index is 2.68. The van der Waals surface area contributed by atoms with Gasteiger partial charge < -0.3 is 4.90 Å². The van der Waals surface area contributed by atoms with Crippen LogP contribution in [0.15, 0.2) is 200 Å². The van der Waals surface area contributed by atoms with Crippen LogP contribution in [0.4, 0.5) is 17.1 Å². The zero-order valence-electron chi connectivity index (χ0n) is 38.8. The lowest BCUT2D eigenvalue weighted by Gasteiger charge is -2.37. The van der Waals surface area contributed by atoms with E-state index < -0.39 is 0 Å². The van der Waals surface area contributed by atoms with Crippen molar-refractivity contribution in [1.82, 2.24) is 0 Å². The molecule has 0 unspecified atom stereocenters. The van der Waals surface area contributed by atoms with Crippen molar-refractivity contribution in [2.45, 2.75) is 64.2 Å². The van der Waals surface area contributed by atoms with Crippen molar-refractivity contribution in [3.63, 3.8) is 0 Å². The molecular weight excluding hydrogens is 807 g/mol. The number of anilines is 3. The Labute approximate surface area is 394 Å². The van der Waals surface area contributed by atoms with E-state index in [0.717, 1.165) is 31.4 Å². The summed E-state index contributed by atoms with van der Waals surface area (Å²) < 4.78 is 0. The first-order valence-electron chi connectivity index (χ1n) is 24.6. The summed E-state index contributed by atoms with van der Waals surface area (Å²) in [6.07, 6.45) is 4.03. The molecule has 322 valence electrons. The van der Waals surface area contributed by atoms with Gasteiger partial charge in [-0.25, -0.2) is 0 Å². The molecule has 67 heavy (non-hydrogen) atoms. The fourth-order valence-electron chi connectivity index (χ4n) is 13.5. The lowest BCUT2D eigenvalue weighted by atomic mass is 9.70. The van der Waals surface area contributed by atoms with E-state index in [1.807, 2.05) is 0 Å². The summed E-state index contributed by atoms with van der Waals surface area (Å²) in [7, 11) is 0. The van der Waals surface area contributed by atoms with Crippen LogP contribution >= 0.6 is 0 Å². The van der Waals surface area contributed by atoms with Gasteiger partial charge in [0.05, 0.1) is 11.4 Å². The van der Waals surface area contributed by atoms with Crippen LogP contribution < -0.4 is 4.90 Å². The minimum absolute atomic E-state index is 0.158. The molecule has 2 bridgehead atoms. The Balaban J connectivity index is 1.21. The normalized spacial score (nSPS) is 14.1. The summed E-state index contributed by atoms with van der Waals surface area (Å²) in [5, 5.41) is 10.6. The quantitative estimate of drug-likeness (QED) is 0.131. The van der Waals surface area contributed by atoms with Crippen LogP contribution in [0, 0.1) is 0 Å². The van der Waals surface area contributed by atoms with Crippen LogP contribution in [0.5, 0.6) is 0 Å². The largest absolute Gasteiger partial charge is 0.309 e. The van der Waals surface area contributed by atoms with Crippen LogP contribution in [-0.2, 0) is 10.8 Å². The Morgan fingerprint density at radius 1 is 0.328 bits per heavy atom. The molecule has 0 saturated carbocycles. The lowest BCUT2D eigenvalue weighted by Crippen LogP contribution is -2.26. The standard InChI is InChI=1S/C66H53N/c1-5-65(6-2)55-33-21-19-27-45(55)52-37-39-57(59(63(52)65)42-23-11-9-12-24-42)67(44-35-36-51-54(41-44)62-49-31-17-15-29-47(49)61(51)48-30-16-18-32-50(48)62)58-40-38-53-46-28-20-22-34-56(46)66(7-3,8-4)64(53)60(58)43-25-13-10-14-26-43/h9-41H,5-8H2,1-4H3. The Bertz CT molecular complexity index is 3520. The molecule has 0 saturated heterocycles. The highest BCUT2D eigenvalue weighted by Crippen LogP contribution is 2.62. The van der Waals surface area contributed by atoms with Crippen molar-refractivity contribution < 1.29 is 0 Å². The van der Waals surface area contributed by atoms with Crippen molar-refractivity contribution in [1.29, 1.82) is 0 Å². The molecule has 0 radical (unpaired) electrons. The number of fused-ring (bicyclic) bond motifs is 6. The average Bonchev–Trinajstić information content (AvgIpc) is 3.86. The molecule has 0 N–H and O–H groups in total. The predicted octanol–water partition coefficient (Wildman–Crippen LogP) is 18.7. The maximum Gasteiger partial charge on any atom is 0.0543 e. The van der Waals surface area contributed by atoms with Crippen LogP contribution in [0.1, 0.15) is 75.6 Å². The van der Waals surface area contributed by atoms with E-state index in [9.17, 15) is 0 Å². The van der Waals surface area contributed by atoms with Gasteiger partial charge in [0.25, 0.3) is 0 Å². The van der Waals surface area contributed by atoms with E-state index in [-0.39, 0.29) is 10.8 Å². The van der Waals surface area contributed by atoms with E-state index in [4.69, 9.17) is 0 Å². The number of hydrogen-bond donors (Lipinski definition) is 0. The summed E-state index contributed by atoms with van der Waals surface area (Å²) in [6, 6.07) is 76.4. The minimum atomic E-state index is -0.158. The molecule has 2 aliphatic carbocycles. The molecular formula is C66H53N. The first kappa shape index (κ1) is 39.8. The summed E-state index contributed by atoms with van der Waals surface area (Å²) >= 11 is 0. The average molecular weight is 860 g/mol. The molecule has 0 aliphatic heterocycles. The summed E-state index contributed by atoms with van der Waals surface area (Å²) in [5.74, 6) is 0. The van der Waals surface area contributed by atoms with Crippen LogP contribution in [0.2, 0.25) is 0 Å². The molecule has 0 aromatic heterocycles. The number of rotatable bonds is 9. The maximum atomic E-state index is 2.68. The number of nitrogens with zero attached hydrogens (tertiary/aromatic N) is 1. The monoisotopic (exact) mass is 859 g/mol. The van der Waals surface area contributed by atoms with E-state index in [1.165, 1.54) is 121 Å². The molecule has 0 fully saturated rings. The summed E-state index contributed by atoms with van der Waals surface area (Å²) in [4.78, 5) is 2.68. The third kappa shape index (κ3) is 5.32. The minimum Gasteiger partial charge on any atom is -0.309 e. The summed E-state index contributed by atoms with van der Waals surface area (Å²) in [5.41, 5.74) is 19.6. The Morgan fingerprint density at radius 3 is 1.13 bits per heavy atom. The highest BCUT2D eigenvalue weighted by atomic mass is 15.1. The number of benzene rings is 12. The second-order valence-electron chi connectivity index (χ2n) is 19.1. The third-order valence-corrected chi connectivity index (χ3v) is 16.5. The first-order valence-corrected chi connectivity index (χ1v) is 24.6. The predicted molar refractivity (Wildman–Crippen MR) is 287 cm³/mol. The van der Waals surface area contributed by atoms with Crippen molar-refractivity contribution in [2.24, 2.45) is 0 Å². The first-order chi connectivity index (χ1) is 33.1. The fraction of sp³-hybridized carbons (Fsp3) is 0.152. The molecule has 1 heteroatoms. The molecule has 0 spiro atoms. The summed E-state index contributed by atoms with van der Waals surface area (Å²) in [6.45, 7) is 9.60. The molecule has 12 aromatic rings. The van der Waals surface area contributed by atoms with Crippen molar-refractivity contribution in [3.05, 3.63) is 222 Å². The Morgan fingerprint density at radius 2 is 0.701 bits per heavy atom. The van der Waals surface area contributed by atoms with E-state index in [2.05, 4.69) is 233 Å². The zero-order valence-corrected chi connectivity index (χ0v) is 38.8. The van der Waals surface area contributed by atoms with Gasteiger partial charge in [0, 0.05) is 27.6 Å². The second kappa shape index (κ2) is 15.0. The smallest absolute Gasteiger partial charge is 0.0543 e. The molecule has 12 aromatic carbocycles. The highest BCUT2D eigenvalue weighted by molar-refractivity contribution is 6.40. The van der Waals surface area contributed by atoms with Crippen molar-refractivity contribution in [2.75, 3.05) is 4.90 Å². The van der Waals surface area contributed by atoms with Crippen LogP contribution in [-0.4, -0.2) is 0 Å². The van der Waals surface area contributed by atoms with Gasteiger partial charge in [-0.1, -0.05) is 204 Å². The molecule has 0 atom stereocenters. The van der Waals surface area contributed by atoms with Gasteiger partial charge in [-0.3, -0.25) is 0 Å².